The van der Waals surface area contributed by atoms with Gasteiger partial charge in [-0.25, -0.2) is 9.98 Å². The second kappa shape index (κ2) is 7.57. The molecule has 0 saturated carbocycles. The number of aromatic nitrogens is 1. The van der Waals surface area contributed by atoms with Gasteiger partial charge in [0.25, 0.3) is 0 Å². The number of amidine groups is 2. The number of hydrogen-bond acceptors (Lipinski definition) is 6. The topological polar surface area (TPSA) is 65.2 Å². The molecule has 6 heteroatoms. The fourth-order valence-electron chi connectivity index (χ4n) is 4.45. The van der Waals surface area contributed by atoms with E-state index in [1.807, 2.05) is 74.1 Å². The molecule has 156 valence electrons. The summed E-state index contributed by atoms with van der Waals surface area (Å²) in [5, 5.41) is 3.56. The molecule has 3 aliphatic heterocycles. The zero-order valence-electron chi connectivity index (χ0n) is 17.6. The summed E-state index contributed by atoms with van der Waals surface area (Å²) in [5.74, 6) is 1.61. The molecule has 0 aliphatic carbocycles. The van der Waals surface area contributed by atoms with Crippen molar-refractivity contribution in [2.24, 2.45) is 15.0 Å². The summed E-state index contributed by atoms with van der Waals surface area (Å²) in [7, 11) is 2.04. The first-order chi connectivity index (χ1) is 15.8. The predicted molar refractivity (Wildman–Crippen MR) is 128 cm³/mol. The van der Waals surface area contributed by atoms with E-state index < -0.39 is 0 Å². The third-order valence-corrected chi connectivity index (χ3v) is 6.05. The number of allylic oxidation sites excluding steroid dienone is 1. The number of nitrogens with zero attached hydrogens (tertiary/aromatic N) is 5. The van der Waals surface area contributed by atoms with Gasteiger partial charge in [0, 0.05) is 36.1 Å². The van der Waals surface area contributed by atoms with E-state index in [9.17, 15) is 0 Å². The number of aliphatic imine (C=N–C) groups is 3. The molecule has 1 aromatic heterocycles. The molecule has 6 nitrogen and oxygen atoms in total. The molecule has 3 atom stereocenters. The summed E-state index contributed by atoms with van der Waals surface area (Å²) < 4.78 is 0. The summed E-state index contributed by atoms with van der Waals surface area (Å²) >= 11 is 0. The minimum Gasteiger partial charge on any atom is -0.375 e. The standard InChI is InChI=1S/C26H22N6/c1-32-25(18-11-6-3-7-12-18)30-24(17-9-4-2-5-10-17)31-26(32)19-15-21-23(28-16-19)22-20(29-21)13-8-14-27-22/h2-16,20,22,26,29H,1H3. The fraction of sp³-hybridized carbons (Fsp3) is 0.154. The first kappa shape index (κ1) is 18.7. The lowest BCUT2D eigenvalue weighted by molar-refractivity contribution is 0.382. The maximum absolute atomic E-state index is 5.04. The first-order valence-electron chi connectivity index (χ1n) is 10.7. The Labute approximate surface area is 186 Å². The van der Waals surface area contributed by atoms with Gasteiger partial charge in [-0.1, -0.05) is 66.7 Å². The van der Waals surface area contributed by atoms with Crippen LogP contribution in [-0.2, 0) is 0 Å². The SMILES string of the molecule is CN1C(c2ccccc2)=NC(c2ccccc2)=NC1c1cnc2c(c1)NC1C=CC=NC21. The number of nitrogens with one attached hydrogen (secondary N) is 1. The van der Waals surface area contributed by atoms with Crippen LogP contribution in [0.3, 0.4) is 0 Å². The van der Waals surface area contributed by atoms with Crippen LogP contribution >= 0.6 is 0 Å². The van der Waals surface area contributed by atoms with Crippen molar-refractivity contribution in [1.29, 1.82) is 0 Å². The molecule has 3 aliphatic rings. The van der Waals surface area contributed by atoms with Crippen LogP contribution in [0.25, 0.3) is 0 Å². The molecule has 3 unspecified atom stereocenters. The highest BCUT2D eigenvalue weighted by Gasteiger charge is 2.34. The lowest BCUT2D eigenvalue weighted by Gasteiger charge is -2.32. The van der Waals surface area contributed by atoms with Gasteiger partial charge < -0.3 is 10.2 Å². The van der Waals surface area contributed by atoms with E-state index in [1.54, 1.807) is 0 Å². The van der Waals surface area contributed by atoms with E-state index in [2.05, 4.69) is 39.5 Å². The Balaban J connectivity index is 1.43. The molecule has 0 bridgehead atoms. The van der Waals surface area contributed by atoms with Crippen molar-refractivity contribution >= 4 is 23.6 Å². The van der Waals surface area contributed by atoms with E-state index in [-0.39, 0.29) is 18.2 Å². The minimum absolute atomic E-state index is 0.0398. The molecule has 0 amide bonds. The highest BCUT2D eigenvalue weighted by atomic mass is 15.3. The van der Waals surface area contributed by atoms with Crippen molar-refractivity contribution in [3.8, 4) is 0 Å². The molecule has 4 heterocycles. The molecule has 0 fully saturated rings. The molecule has 1 N–H and O–H groups in total. The van der Waals surface area contributed by atoms with Gasteiger partial charge in [-0.2, -0.15) is 0 Å². The van der Waals surface area contributed by atoms with Crippen LogP contribution in [0.15, 0.2) is 100 Å². The van der Waals surface area contributed by atoms with E-state index in [1.165, 1.54) is 0 Å². The lowest BCUT2D eigenvalue weighted by Crippen LogP contribution is -2.35. The molecule has 0 radical (unpaired) electrons. The largest absolute Gasteiger partial charge is 0.375 e. The molecule has 2 aromatic carbocycles. The van der Waals surface area contributed by atoms with Gasteiger partial charge in [0.05, 0.1) is 17.4 Å². The lowest BCUT2D eigenvalue weighted by atomic mass is 10.1. The summed E-state index contributed by atoms with van der Waals surface area (Å²) in [6, 6.07) is 22.7. The molecule has 6 rings (SSSR count). The van der Waals surface area contributed by atoms with Gasteiger partial charge in [0.1, 0.15) is 11.9 Å². The highest BCUT2D eigenvalue weighted by Crippen LogP contribution is 2.39. The van der Waals surface area contributed by atoms with Crippen LogP contribution in [0, 0.1) is 0 Å². The number of benzene rings is 2. The molecule has 0 saturated heterocycles. The Hall–Kier alpha value is -4.06. The number of pyridine rings is 1. The van der Waals surface area contributed by atoms with Gasteiger partial charge in [-0.3, -0.25) is 9.98 Å². The zero-order chi connectivity index (χ0) is 21.5. The van der Waals surface area contributed by atoms with Gasteiger partial charge in [-0.05, 0) is 12.1 Å². The molecule has 0 spiro atoms. The molecule has 32 heavy (non-hydrogen) atoms. The second-order valence-electron chi connectivity index (χ2n) is 8.10. The zero-order valence-corrected chi connectivity index (χ0v) is 17.6. The van der Waals surface area contributed by atoms with Crippen LogP contribution in [0.5, 0.6) is 0 Å². The van der Waals surface area contributed by atoms with E-state index in [0.717, 1.165) is 39.7 Å². The molecule has 3 aromatic rings. The quantitative estimate of drug-likeness (QED) is 0.686. The monoisotopic (exact) mass is 418 g/mol. The van der Waals surface area contributed by atoms with Crippen molar-refractivity contribution in [3.63, 3.8) is 0 Å². The average Bonchev–Trinajstić information content (AvgIpc) is 3.23. The van der Waals surface area contributed by atoms with Crippen molar-refractivity contribution < 1.29 is 0 Å². The van der Waals surface area contributed by atoms with E-state index in [4.69, 9.17) is 15.0 Å². The number of rotatable bonds is 3. The van der Waals surface area contributed by atoms with E-state index >= 15 is 0 Å². The summed E-state index contributed by atoms with van der Waals surface area (Å²) in [4.78, 5) is 21.5. The molecular formula is C26H22N6. The Bertz CT molecular complexity index is 1280. The highest BCUT2D eigenvalue weighted by molar-refractivity contribution is 6.12. The second-order valence-corrected chi connectivity index (χ2v) is 8.10. The maximum atomic E-state index is 5.04. The number of anilines is 1. The Morgan fingerprint density at radius 2 is 1.69 bits per heavy atom. The molecular weight excluding hydrogens is 396 g/mol. The predicted octanol–water partition coefficient (Wildman–Crippen LogP) is 4.40. The minimum atomic E-state index is -0.237. The van der Waals surface area contributed by atoms with Crippen molar-refractivity contribution in [2.75, 3.05) is 12.4 Å². The smallest absolute Gasteiger partial charge is 0.159 e. The summed E-state index contributed by atoms with van der Waals surface area (Å²) in [6.45, 7) is 0. The third kappa shape index (κ3) is 3.12. The van der Waals surface area contributed by atoms with Crippen molar-refractivity contribution in [3.05, 3.63) is 107 Å². The summed E-state index contributed by atoms with van der Waals surface area (Å²) in [5.41, 5.74) is 5.08. The maximum Gasteiger partial charge on any atom is 0.159 e. The number of dihydropyridines is 1. The van der Waals surface area contributed by atoms with Gasteiger partial charge >= 0.3 is 0 Å². The summed E-state index contributed by atoms with van der Waals surface area (Å²) in [6.07, 6.45) is 7.66. The average molecular weight is 419 g/mol. The normalized spacial score (nSPS) is 23.2. The Kier molecular flexibility index (Phi) is 4.42. The van der Waals surface area contributed by atoms with Crippen molar-refractivity contribution in [2.45, 2.75) is 18.2 Å². The first-order valence-corrected chi connectivity index (χ1v) is 10.7. The third-order valence-electron chi connectivity index (χ3n) is 6.05. The Morgan fingerprint density at radius 3 is 2.47 bits per heavy atom. The van der Waals surface area contributed by atoms with Crippen LogP contribution in [-0.4, -0.2) is 40.9 Å². The number of hydrogen-bond donors (Lipinski definition) is 1. The fourth-order valence-corrected chi connectivity index (χ4v) is 4.45. The van der Waals surface area contributed by atoms with Crippen LogP contribution < -0.4 is 5.32 Å². The van der Waals surface area contributed by atoms with Gasteiger partial charge in [-0.15, -0.1) is 0 Å². The van der Waals surface area contributed by atoms with Crippen molar-refractivity contribution in [1.82, 2.24) is 9.88 Å². The number of fused-ring (bicyclic) bond motifs is 3. The van der Waals surface area contributed by atoms with Gasteiger partial charge in [0.15, 0.2) is 12.0 Å². The van der Waals surface area contributed by atoms with Gasteiger partial charge in [0.2, 0.25) is 0 Å². The van der Waals surface area contributed by atoms with Crippen LogP contribution in [0.2, 0.25) is 0 Å². The van der Waals surface area contributed by atoms with Crippen LogP contribution in [0.1, 0.15) is 34.6 Å². The van der Waals surface area contributed by atoms with E-state index in [0.29, 0.717) is 0 Å². The van der Waals surface area contributed by atoms with Crippen LogP contribution in [0.4, 0.5) is 5.69 Å². The Morgan fingerprint density at radius 1 is 0.938 bits per heavy atom.